The average molecular weight is 749 g/mol. The monoisotopic (exact) mass is 749 g/mol. The lowest BCUT2D eigenvalue weighted by Gasteiger charge is -2.39. The van der Waals surface area contributed by atoms with E-state index in [9.17, 15) is 0 Å². The van der Waals surface area contributed by atoms with Gasteiger partial charge >= 0.3 is 0 Å². The van der Waals surface area contributed by atoms with Crippen molar-refractivity contribution < 1.29 is 18.9 Å². The zero-order chi connectivity index (χ0) is 40.6. The van der Waals surface area contributed by atoms with E-state index in [2.05, 4.69) is 183 Å². The van der Waals surface area contributed by atoms with Crippen LogP contribution in [0.3, 0.4) is 0 Å². The fourth-order valence-corrected chi connectivity index (χ4v) is 10.4. The Morgan fingerprint density at radius 2 is 0.685 bits per heavy atom. The number of hydrogen-bond acceptors (Lipinski definition) is 8. The summed E-state index contributed by atoms with van der Waals surface area (Å²) in [7, 11) is 8.89. The van der Waals surface area contributed by atoms with Gasteiger partial charge in [0.25, 0.3) is 0 Å². The molecule has 2 aromatic rings. The molecule has 0 bridgehead atoms. The maximum Gasteiger partial charge on any atom is 0.162 e. The molecule has 2 aromatic carbocycles. The average Bonchev–Trinajstić information content (AvgIpc) is 3.44. The second-order valence-corrected chi connectivity index (χ2v) is 22.3. The Morgan fingerprint density at radius 3 is 1.00 bits per heavy atom. The molecule has 0 saturated carbocycles. The summed E-state index contributed by atoms with van der Waals surface area (Å²) < 4.78 is 28.7. The van der Waals surface area contributed by atoms with Crippen LogP contribution in [0.1, 0.15) is 136 Å². The van der Waals surface area contributed by atoms with Gasteiger partial charge in [0.05, 0.1) is 22.2 Å². The molecule has 0 aliphatic carbocycles. The maximum absolute atomic E-state index is 7.25. The van der Waals surface area contributed by atoms with E-state index in [1.54, 1.807) is 0 Å². The minimum Gasteiger partial charge on any atom is -0.488 e. The standard InChI is InChI=1S/C46H76N4O4/c1-39(2)25-35(43(9,10)47(39)17)51-30-21-29-22-33(53-37-27-41(5,6)49(19)45(37,13)14)34(54-38-28-42(7,8)50(20)46(38,15)16)24-31(29)32(23-30)52-36-26-40(3,4)48(18)44(36,11)12/h21-24,35-38H,25-28H2,1-20H3. The van der Waals surface area contributed by atoms with Crippen LogP contribution in [0.4, 0.5) is 0 Å². The summed E-state index contributed by atoms with van der Waals surface area (Å²) in [6.07, 6.45) is 3.60. The molecule has 0 N–H and O–H groups in total. The van der Waals surface area contributed by atoms with Crippen LogP contribution in [-0.2, 0) is 0 Å². The van der Waals surface area contributed by atoms with Crippen molar-refractivity contribution in [3.8, 4) is 23.0 Å². The Hall–Kier alpha value is -2.26. The van der Waals surface area contributed by atoms with Gasteiger partial charge in [-0.05, 0) is 163 Å². The summed E-state index contributed by atoms with van der Waals surface area (Å²) in [6.45, 7) is 36.9. The van der Waals surface area contributed by atoms with Crippen molar-refractivity contribution in [2.75, 3.05) is 28.2 Å². The molecule has 0 amide bonds. The first-order valence-electron chi connectivity index (χ1n) is 20.6. The lowest BCUT2D eigenvalue weighted by Crippen LogP contribution is -2.49. The van der Waals surface area contributed by atoms with Crippen molar-refractivity contribution in [1.29, 1.82) is 0 Å². The molecule has 4 aliphatic heterocycles. The number of ether oxygens (including phenoxy) is 4. The van der Waals surface area contributed by atoms with Gasteiger partial charge in [-0.25, -0.2) is 0 Å². The van der Waals surface area contributed by atoms with E-state index in [0.717, 1.165) is 59.5 Å². The summed E-state index contributed by atoms with van der Waals surface area (Å²) in [6, 6.07) is 8.75. The number of benzene rings is 2. The van der Waals surface area contributed by atoms with Crippen LogP contribution in [-0.4, -0.2) is 117 Å². The Morgan fingerprint density at radius 1 is 0.389 bits per heavy atom. The first-order valence-corrected chi connectivity index (χ1v) is 20.6. The molecule has 0 radical (unpaired) electrons. The number of fused-ring (bicyclic) bond motifs is 1. The van der Waals surface area contributed by atoms with Crippen molar-refractivity contribution in [2.45, 2.75) is 205 Å². The van der Waals surface area contributed by atoms with Crippen LogP contribution >= 0.6 is 0 Å². The van der Waals surface area contributed by atoms with Crippen LogP contribution in [0.15, 0.2) is 24.3 Å². The van der Waals surface area contributed by atoms with Gasteiger partial charge < -0.3 is 18.9 Å². The van der Waals surface area contributed by atoms with Gasteiger partial charge in [-0.2, -0.15) is 0 Å². The summed E-state index contributed by atoms with van der Waals surface area (Å²) in [4.78, 5) is 9.86. The van der Waals surface area contributed by atoms with Crippen molar-refractivity contribution in [3.05, 3.63) is 24.3 Å². The molecule has 4 fully saturated rings. The van der Waals surface area contributed by atoms with E-state index in [-0.39, 0.29) is 68.7 Å². The quantitative estimate of drug-likeness (QED) is 0.265. The van der Waals surface area contributed by atoms with E-state index in [1.807, 2.05) is 0 Å². The third kappa shape index (κ3) is 6.61. The minimum atomic E-state index is -0.180. The third-order valence-corrected chi connectivity index (χ3v) is 16.0. The number of hydrogen-bond donors (Lipinski definition) is 0. The highest BCUT2D eigenvalue weighted by molar-refractivity contribution is 5.92. The molecular formula is C46H76N4O4. The van der Waals surface area contributed by atoms with E-state index >= 15 is 0 Å². The summed E-state index contributed by atoms with van der Waals surface area (Å²) in [5.41, 5.74) is -0.662. The molecule has 4 atom stereocenters. The summed E-state index contributed by atoms with van der Waals surface area (Å²) in [5.74, 6) is 3.21. The zero-order valence-electron chi connectivity index (χ0n) is 37.9. The predicted molar refractivity (Wildman–Crippen MR) is 224 cm³/mol. The SMILES string of the molecule is CN1C(C)(C)CC(Oc2cc(OC3CC(C)(C)N(C)C3(C)C)c3cc(OC4CC(C)(C)N(C)C4(C)C)c(OC4CC(C)(C)N(C)C4(C)C)cc3c2)C1(C)C. The van der Waals surface area contributed by atoms with E-state index < -0.39 is 0 Å². The van der Waals surface area contributed by atoms with Gasteiger partial charge in [0, 0.05) is 59.3 Å². The molecule has 4 unspecified atom stereocenters. The first-order chi connectivity index (χ1) is 24.4. The van der Waals surface area contributed by atoms with Crippen LogP contribution in [0.25, 0.3) is 10.8 Å². The Kier molecular flexibility index (Phi) is 9.67. The topological polar surface area (TPSA) is 49.9 Å². The van der Waals surface area contributed by atoms with Crippen molar-refractivity contribution in [2.24, 2.45) is 0 Å². The molecule has 304 valence electrons. The van der Waals surface area contributed by atoms with Gasteiger partial charge in [-0.3, -0.25) is 19.6 Å². The molecule has 6 rings (SSSR count). The zero-order valence-corrected chi connectivity index (χ0v) is 37.9. The van der Waals surface area contributed by atoms with Crippen LogP contribution < -0.4 is 18.9 Å². The molecule has 54 heavy (non-hydrogen) atoms. The van der Waals surface area contributed by atoms with Gasteiger partial charge in [-0.1, -0.05) is 0 Å². The van der Waals surface area contributed by atoms with Crippen LogP contribution in [0, 0.1) is 0 Å². The maximum atomic E-state index is 7.25. The molecule has 4 heterocycles. The summed E-state index contributed by atoms with van der Waals surface area (Å²) in [5, 5.41) is 2.05. The smallest absolute Gasteiger partial charge is 0.162 e. The highest BCUT2D eigenvalue weighted by Gasteiger charge is 2.54. The number of rotatable bonds is 8. The largest absolute Gasteiger partial charge is 0.488 e. The number of likely N-dealkylation sites (N-methyl/N-ethyl adjacent to an activating group) is 4. The molecule has 8 heteroatoms. The van der Waals surface area contributed by atoms with Crippen molar-refractivity contribution in [3.63, 3.8) is 0 Å². The third-order valence-electron chi connectivity index (χ3n) is 16.0. The van der Waals surface area contributed by atoms with Crippen molar-refractivity contribution >= 4 is 10.8 Å². The van der Waals surface area contributed by atoms with E-state index in [1.165, 1.54) is 0 Å². The first kappa shape index (κ1) is 41.4. The second kappa shape index (κ2) is 12.6. The van der Waals surface area contributed by atoms with Crippen LogP contribution in [0.2, 0.25) is 0 Å². The lowest BCUT2D eigenvalue weighted by atomic mass is 9.96. The molecule has 0 spiro atoms. The summed E-state index contributed by atoms with van der Waals surface area (Å²) >= 11 is 0. The van der Waals surface area contributed by atoms with Crippen LogP contribution in [0.5, 0.6) is 23.0 Å². The number of likely N-dealkylation sites (tertiary alicyclic amines) is 4. The van der Waals surface area contributed by atoms with E-state index in [4.69, 9.17) is 18.9 Å². The molecular weight excluding hydrogens is 673 g/mol. The molecule has 4 saturated heterocycles. The highest BCUT2D eigenvalue weighted by Crippen LogP contribution is 2.50. The highest BCUT2D eigenvalue weighted by atomic mass is 16.5. The Balaban J connectivity index is 1.51. The Labute approximate surface area is 329 Å². The predicted octanol–water partition coefficient (Wildman–Crippen LogP) is 9.40. The fourth-order valence-electron chi connectivity index (χ4n) is 10.4. The molecule has 8 nitrogen and oxygen atoms in total. The van der Waals surface area contributed by atoms with Gasteiger partial charge in [0.1, 0.15) is 35.9 Å². The molecule has 4 aliphatic rings. The van der Waals surface area contributed by atoms with E-state index in [0.29, 0.717) is 0 Å². The minimum absolute atomic E-state index is 0.000685. The van der Waals surface area contributed by atoms with Gasteiger partial charge in [0.2, 0.25) is 0 Å². The Bertz CT molecular complexity index is 1760. The van der Waals surface area contributed by atoms with Crippen molar-refractivity contribution in [1.82, 2.24) is 19.6 Å². The lowest BCUT2D eigenvalue weighted by molar-refractivity contribution is 0.0501. The molecule has 0 aromatic heterocycles. The fraction of sp³-hybridized carbons (Fsp3) is 0.783. The normalized spacial score (nSPS) is 32.3. The van der Waals surface area contributed by atoms with Gasteiger partial charge in [-0.15, -0.1) is 0 Å². The second-order valence-electron chi connectivity index (χ2n) is 22.3. The van der Waals surface area contributed by atoms with Gasteiger partial charge in [0.15, 0.2) is 11.5 Å². The number of nitrogens with zero attached hydrogens (tertiary/aromatic N) is 4.